The van der Waals surface area contributed by atoms with E-state index < -0.39 is 5.82 Å². The molecule has 0 N–H and O–H groups in total. The number of halogens is 2. The fourth-order valence-electron chi connectivity index (χ4n) is 1.37. The van der Waals surface area contributed by atoms with Crippen LogP contribution in [0.25, 0.3) is 11.4 Å². The van der Waals surface area contributed by atoms with Crippen LogP contribution < -0.4 is 0 Å². The summed E-state index contributed by atoms with van der Waals surface area (Å²) in [7, 11) is 0. The average Bonchev–Trinajstić information content (AvgIpc) is 2.70. The zero-order chi connectivity index (χ0) is 10.8. The average molecular weight is 226 g/mol. The lowest BCUT2D eigenvalue weighted by atomic mass is 10.2. The standard InChI is InChI=1S/C10H9ClFN3/c1-2-15-6-13-14-10(15)7-4-3-5-8(11)9(7)12/h3-6H,2H2,1H3. The third-order valence-corrected chi connectivity index (χ3v) is 2.44. The minimum Gasteiger partial charge on any atom is -0.314 e. The molecular weight excluding hydrogens is 217 g/mol. The van der Waals surface area contributed by atoms with E-state index in [9.17, 15) is 4.39 Å². The third kappa shape index (κ3) is 1.72. The second kappa shape index (κ2) is 3.98. The van der Waals surface area contributed by atoms with Gasteiger partial charge in [-0.3, -0.25) is 0 Å². The van der Waals surface area contributed by atoms with E-state index in [-0.39, 0.29) is 5.02 Å². The van der Waals surface area contributed by atoms with E-state index in [1.807, 2.05) is 6.92 Å². The molecule has 0 unspecified atom stereocenters. The second-order valence-corrected chi connectivity index (χ2v) is 3.45. The van der Waals surface area contributed by atoms with Crippen LogP contribution in [0.15, 0.2) is 24.5 Å². The van der Waals surface area contributed by atoms with Crippen molar-refractivity contribution in [1.29, 1.82) is 0 Å². The molecule has 0 aliphatic rings. The molecule has 3 nitrogen and oxygen atoms in total. The molecule has 0 aliphatic heterocycles. The maximum atomic E-state index is 13.7. The van der Waals surface area contributed by atoms with Gasteiger partial charge >= 0.3 is 0 Å². The summed E-state index contributed by atoms with van der Waals surface area (Å²) in [5.41, 5.74) is 0.377. The molecule has 1 aromatic carbocycles. The van der Waals surface area contributed by atoms with Crippen LogP contribution in [-0.2, 0) is 6.54 Å². The molecular formula is C10H9ClFN3. The Morgan fingerprint density at radius 2 is 2.27 bits per heavy atom. The molecule has 0 aliphatic carbocycles. The number of rotatable bonds is 2. The summed E-state index contributed by atoms with van der Waals surface area (Å²) >= 11 is 5.69. The van der Waals surface area contributed by atoms with Crippen molar-refractivity contribution in [3.63, 3.8) is 0 Å². The fourth-order valence-corrected chi connectivity index (χ4v) is 1.55. The van der Waals surface area contributed by atoms with E-state index in [0.717, 1.165) is 0 Å². The zero-order valence-corrected chi connectivity index (χ0v) is 8.87. The van der Waals surface area contributed by atoms with Crippen molar-refractivity contribution in [3.05, 3.63) is 35.4 Å². The summed E-state index contributed by atoms with van der Waals surface area (Å²) in [5.74, 6) is 0.0411. The first kappa shape index (κ1) is 10.1. The Balaban J connectivity index is 2.59. The van der Waals surface area contributed by atoms with E-state index in [0.29, 0.717) is 17.9 Å². The molecule has 2 rings (SSSR count). The summed E-state index contributed by atoms with van der Waals surface area (Å²) in [6.45, 7) is 2.63. The topological polar surface area (TPSA) is 30.7 Å². The summed E-state index contributed by atoms with van der Waals surface area (Å²) in [6.07, 6.45) is 1.57. The van der Waals surface area contributed by atoms with E-state index >= 15 is 0 Å². The van der Waals surface area contributed by atoms with Crippen LogP contribution >= 0.6 is 11.6 Å². The Labute approximate surface area is 91.5 Å². The molecule has 0 amide bonds. The van der Waals surface area contributed by atoms with Gasteiger partial charge in [-0.05, 0) is 19.1 Å². The lowest BCUT2D eigenvalue weighted by Gasteiger charge is -2.04. The molecule has 0 bridgehead atoms. The van der Waals surface area contributed by atoms with Crippen molar-refractivity contribution in [2.75, 3.05) is 0 Å². The number of nitrogens with zero attached hydrogens (tertiary/aromatic N) is 3. The summed E-state index contributed by atoms with van der Waals surface area (Å²) in [6, 6.07) is 4.83. The van der Waals surface area contributed by atoms with Crippen LogP contribution in [-0.4, -0.2) is 14.8 Å². The Hall–Kier alpha value is -1.42. The molecule has 1 aromatic heterocycles. The molecule has 0 spiro atoms. The number of benzene rings is 1. The van der Waals surface area contributed by atoms with Crippen LogP contribution in [0.2, 0.25) is 5.02 Å². The van der Waals surface area contributed by atoms with Gasteiger partial charge in [0, 0.05) is 6.54 Å². The molecule has 0 fully saturated rings. The lowest BCUT2D eigenvalue weighted by molar-refractivity contribution is 0.627. The van der Waals surface area contributed by atoms with Gasteiger partial charge in [0.15, 0.2) is 11.6 Å². The maximum absolute atomic E-state index is 13.7. The molecule has 0 saturated heterocycles. The highest BCUT2D eigenvalue weighted by molar-refractivity contribution is 6.31. The Morgan fingerprint density at radius 1 is 1.47 bits per heavy atom. The molecule has 0 saturated carbocycles. The Bertz CT molecular complexity index is 481. The van der Waals surface area contributed by atoms with Gasteiger partial charge in [0.25, 0.3) is 0 Å². The van der Waals surface area contributed by atoms with Gasteiger partial charge < -0.3 is 4.57 Å². The number of aryl methyl sites for hydroxylation is 1. The largest absolute Gasteiger partial charge is 0.314 e. The van der Waals surface area contributed by atoms with Crippen molar-refractivity contribution in [3.8, 4) is 11.4 Å². The highest BCUT2D eigenvalue weighted by atomic mass is 35.5. The Kier molecular flexibility index (Phi) is 2.68. The maximum Gasteiger partial charge on any atom is 0.166 e. The van der Waals surface area contributed by atoms with Crippen LogP contribution in [0.4, 0.5) is 4.39 Å². The van der Waals surface area contributed by atoms with Gasteiger partial charge in [0.2, 0.25) is 0 Å². The SMILES string of the molecule is CCn1cnnc1-c1cccc(Cl)c1F. The number of aromatic nitrogens is 3. The van der Waals surface area contributed by atoms with Gasteiger partial charge in [0.1, 0.15) is 6.33 Å². The minimum atomic E-state index is -0.457. The van der Waals surface area contributed by atoms with Gasteiger partial charge in [-0.2, -0.15) is 0 Å². The van der Waals surface area contributed by atoms with Crippen LogP contribution in [0, 0.1) is 5.82 Å². The quantitative estimate of drug-likeness (QED) is 0.787. The zero-order valence-electron chi connectivity index (χ0n) is 8.11. The molecule has 1 heterocycles. The third-order valence-electron chi connectivity index (χ3n) is 2.15. The first-order valence-corrected chi connectivity index (χ1v) is 4.94. The van der Waals surface area contributed by atoms with Crippen molar-refractivity contribution in [1.82, 2.24) is 14.8 Å². The second-order valence-electron chi connectivity index (χ2n) is 3.04. The van der Waals surface area contributed by atoms with Gasteiger partial charge in [-0.25, -0.2) is 4.39 Å². The van der Waals surface area contributed by atoms with Crippen molar-refractivity contribution < 1.29 is 4.39 Å². The minimum absolute atomic E-state index is 0.0955. The van der Waals surface area contributed by atoms with E-state index in [1.54, 1.807) is 23.0 Å². The van der Waals surface area contributed by atoms with Gasteiger partial charge in [-0.15, -0.1) is 10.2 Å². The molecule has 2 aromatic rings. The van der Waals surface area contributed by atoms with Crippen LogP contribution in [0.3, 0.4) is 0 Å². The Morgan fingerprint density at radius 3 is 3.00 bits per heavy atom. The van der Waals surface area contributed by atoms with E-state index in [4.69, 9.17) is 11.6 Å². The van der Waals surface area contributed by atoms with Crippen LogP contribution in [0.5, 0.6) is 0 Å². The highest BCUT2D eigenvalue weighted by Crippen LogP contribution is 2.25. The first-order chi connectivity index (χ1) is 7.24. The van der Waals surface area contributed by atoms with Crippen LogP contribution in [0.1, 0.15) is 6.92 Å². The molecule has 78 valence electrons. The first-order valence-electron chi connectivity index (χ1n) is 4.56. The van der Waals surface area contributed by atoms with Crippen molar-refractivity contribution in [2.24, 2.45) is 0 Å². The van der Waals surface area contributed by atoms with E-state index in [2.05, 4.69) is 10.2 Å². The number of hydrogen-bond donors (Lipinski definition) is 0. The predicted octanol–water partition coefficient (Wildman–Crippen LogP) is 2.76. The highest BCUT2D eigenvalue weighted by Gasteiger charge is 2.13. The molecule has 0 radical (unpaired) electrons. The monoisotopic (exact) mass is 225 g/mol. The predicted molar refractivity (Wildman–Crippen MR) is 56.1 cm³/mol. The number of hydrogen-bond acceptors (Lipinski definition) is 2. The van der Waals surface area contributed by atoms with Crippen molar-refractivity contribution in [2.45, 2.75) is 13.5 Å². The summed E-state index contributed by atoms with van der Waals surface area (Å²) in [5, 5.41) is 7.71. The van der Waals surface area contributed by atoms with Crippen molar-refractivity contribution >= 4 is 11.6 Å². The molecule has 15 heavy (non-hydrogen) atoms. The smallest absolute Gasteiger partial charge is 0.166 e. The summed E-state index contributed by atoms with van der Waals surface area (Å²) in [4.78, 5) is 0. The normalized spacial score (nSPS) is 10.6. The van der Waals surface area contributed by atoms with E-state index in [1.165, 1.54) is 6.07 Å². The molecule has 0 atom stereocenters. The summed E-state index contributed by atoms with van der Waals surface area (Å²) < 4.78 is 15.4. The molecule has 5 heteroatoms. The van der Waals surface area contributed by atoms with Gasteiger partial charge in [0.05, 0.1) is 10.6 Å². The lowest BCUT2D eigenvalue weighted by Crippen LogP contribution is -1.98. The van der Waals surface area contributed by atoms with Gasteiger partial charge in [-0.1, -0.05) is 17.7 Å². The fraction of sp³-hybridized carbons (Fsp3) is 0.200.